The second-order valence-electron chi connectivity index (χ2n) is 3.19. The maximum Gasteiger partial charge on any atom is 0.122 e. The summed E-state index contributed by atoms with van der Waals surface area (Å²) in [7, 11) is 1.65. The molecule has 1 atom stereocenters. The first-order valence-electron chi connectivity index (χ1n) is 4.55. The van der Waals surface area contributed by atoms with Crippen LogP contribution in [-0.4, -0.2) is 25.1 Å². The molecule has 0 aromatic heterocycles. The van der Waals surface area contributed by atoms with Crippen molar-refractivity contribution in [2.75, 3.05) is 20.0 Å². The number of methoxy groups -OCH3 is 1. The van der Waals surface area contributed by atoms with Crippen LogP contribution in [0.2, 0.25) is 0 Å². The lowest BCUT2D eigenvalue weighted by atomic mass is 10.0. The summed E-state index contributed by atoms with van der Waals surface area (Å²) in [6.45, 7) is 2.14. The van der Waals surface area contributed by atoms with Gasteiger partial charge in [0, 0.05) is 23.0 Å². The lowest BCUT2D eigenvalue weighted by Gasteiger charge is -2.14. The van der Waals surface area contributed by atoms with E-state index in [9.17, 15) is 0 Å². The average Bonchev–Trinajstić information content (AvgIpc) is 2.27. The van der Waals surface area contributed by atoms with E-state index < -0.39 is 0 Å². The van der Waals surface area contributed by atoms with Crippen molar-refractivity contribution >= 4 is 11.8 Å². The second kappa shape index (κ2) is 5.27. The Bertz CT molecular complexity index is 299. The Morgan fingerprint density at radius 1 is 1.50 bits per heavy atom. The van der Waals surface area contributed by atoms with Crippen LogP contribution in [0.1, 0.15) is 18.4 Å². The fourth-order valence-electron chi connectivity index (χ4n) is 1.32. The van der Waals surface area contributed by atoms with Crippen LogP contribution in [0.3, 0.4) is 0 Å². The van der Waals surface area contributed by atoms with Crippen LogP contribution in [0.5, 0.6) is 5.75 Å². The molecule has 0 saturated carbocycles. The zero-order chi connectivity index (χ0) is 10.6. The van der Waals surface area contributed by atoms with Crippen LogP contribution in [-0.2, 0) is 0 Å². The van der Waals surface area contributed by atoms with Crippen molar-refractivity contribution in [2.24, 2.45) is 0 Å². The number of aliphatic hydroxyl groups excluding tert-OH is 1. The minimum atomic E-state index is 0.122. The fraction of sp³-hybridized carbons (Fsp3) is 0.455. The molecule has 1 rings (SSSR count). The molecule has 3 heteroatoms. The quantitative estimate of drug-likeness (QED) is 0.778. The maximum atomic E-state index is 9.11. The van der Waals surface area contributed by atoms with Crippen molar-refractivity contribution in [2.45, 2.75) is 17.7 Å². The summed E-state index contributed by atoms with van der Waals surface area (Å²) in [5.41, 5.74) is 1.07. The van der Waals surface area contributed by atoms with Crippen molar-refractivity contribution in [3.05, 3.63) is 23.8 Å². The van der Waals surface area contributed by atoms with E-state index in [4.69, 9.17) is 9.84 Å². The van der Waals surface area contributed by atoms with Gasteiger partial charge in [0.05, 0.1) is 7.11 Å². The van der Waals surface area contributed by atoms with E-state index in [1.54, 1.807) is 18.9 Å². The molecule has 1 unspecified atom stereocenters. The van der Waals surface area contributed by atoms with Crippen molar-refractivity contribution in [1.29, 1.82) is 0 Å². The number of ether oxygens (including phenoxy) is 1. The Morgan fingerprint density at radius 2 is 2.21 bits per heavy atom. The Balaban J connectivity index is 3.08. The van der Waals surface area contributed by atoms with Gasteiger partial charge in [0.1, 0.15) is 5.75 Å². The van der Waals surface area contributed by atoms with E-state index in [1.165, 1.54) is 4.90 Å². The summed E-state index contributed by atoms with van der Waals surface area (Å²) in [5.74, 6) is 0.974. The van der Waals surface area contributed by atoms with Gasteiger partial charge in [-0.15, -0.1) is 11.8 Å². The van der Waals surface area contributed by atoms with E-state index in [1.807, 2.05) is 25.3 Å². The van der Waals surface area contributed by atoms with Crippen molar-refractivity contribution in [3.8, 4) is 5.75 Å². The molecular weight excluding hydrogens is 196 g/mol. The van der Waals surface area contributed by atoms with Crippen LogP contribution in [0.4, 0.5) is 0 Å². The third-order valence-electron chi connectivity index (χ3n) is 2.24. The van der Waals surface area contributed by atoms with Crippen LogP contribution >= 0.6 is 11.8 Å². The fourth-order valence-corrected chi connectivity index (χ4v) is 1.77. The lowest BCUT2D eigenvalue weighted by molar-refractivity contribution is 0.269. The second-order valence-corrected chi connectivity index (χ2v) is 4.07. The topological polar surface area (TPSA) is 29.5 Å². The van der Waals surface area contributed by atoms with Crippen LogP contribution in [0.15, 0.2) is 23.1 Å². The number of thioether (sulfide) groups is 1. The molecule has 2 nitrogen and oxygen atoms in total. The van der Waals surface area contributed by atoms with E-state index >= 15 is 0 Å². The first-order valence-corrected chi connectivity index (χ1v) is 5.78. The van der Waals surface area contributed by atoms with Gasteiger partial charge >= 0.3 is 0 Å². The van der Waals surface area contributed by atoms with Gasteiger partial charge in [0.15, 0.2) is 0 Å². The standard InChI is InChI=1S/C11H16O2S/c1-8(7-12)10-6-9(14-3)4-5-11(10)13-2/h4-6,8,12H,7H2,1-3H3. The molecule has 0 aliphatic carbocycles. The van der Waals surface area contributed by atoms with Gasteiger partial charge in [-0.1, -0.05) is 6.92 Å². The highest BCUT2D eigenvalue weighted by atomic mass is 32.2. The Morgan fingerprint density at radius 3 is 2.71 bits per heavy atom. The van der Waals surface area contributed by atoms with Gasteiger partial charge in [-0.3, -0.25) is 0 Å². The Kier molecular flexibility index (Phi) is 4.29. The number of hydrogen-bond acceptors (Lipinski definition) is 3. The van der Waals surface area contributed by atoms with E-state index in [2.05, 4.69) is 6.07 Å². The smallest absolute Gasteiger partial charge is 0.122 e. The molecule has 0 aliphatic heterocycles. The average molecular weight is 212 g/mol. The summed E-state index contributed by atoms with van der Waals surface area (Å²) >= 11 is 1.69. The summed E-state index contributed by atoms with van der Waals surface area (Å²) in [5, 5.41) is 9.11. The molecule has 14 heavy (non-hydrogen) atoms. The van der Waals surface area contributed by atoms with Crippen molar-refractivity contribution in [1.82, 2.24) is 0 Å². The van der Waals surface area contributed by atoms with Gasteiger partial charge in [-0.25, -0.2) is 0 Å². The van der Waals surface area contributed by atoms with E-state index in [-0.39, 0.29) is 12.5 Å². The first kappa shape index (κ1) is 11.4. The molecule has 1 N–H and O–H groups in total. The molecule has 0 aliphatic rings. The number of aliphatic hydroxyl groups is 1. The van der Waals surface area contributed by atoms with E-state index in [0.717, 1.165) is 11.3 Å². The van der Waals surface area contributed by atoms with Crippen LogP contribution in [0.25, 0.3) is 0 Å². The first-order chi connectivity index (χ1) is 6.72. The Labute approximate surface area is 89.3 Å². The summed E-state index contributed by atoms with van der Waals surface area (Å²) in [4.78, 5) is 1.20. The molecule has 0 fully saturated rings. The zero-order valence-electron chi connectivity index (χ0n) is 8.78. The monoisotopic (exact) mass is 212 g/mol. The molecule has 0 spiro atoms. The molecule has 0 heterocycles. The number of hydrogen-bond donors (Lipinski definition) is 1. The highest BCUT2D eigenvalue weighted by molar-refractivity contribution is 7.98. The van der Waals surface area contributed by atoms with Gasteiger partial charge in [0.25, 0.3) is 0 Å². The van der Waals surface area contributed by atoms with Gasteiger partial charge in [-0.05, 0) is 24.5 Å². The third-order valence-corrected chi connectivity index (χ3v) is 2.97. The molecule has 0 bridgehead atoms. The molecule has 1 aromatic carbocycles. The number of rotatable bonds is 4. The zero-order valence-corrected chi connectivity index (χ0v) is 9.60. The summed E-state index contributed by atoms with van der Waals surface area (Å²) in [6.07, 6.45) is 2.04. The number of benzene rings is 1. The predicted octanol–water partition coefficient (Wildman–Crippen LogP) is 2.51. The van der Waals surface area contributed by atoms with Crippen molar-refractivity contribution in [3.63, 3.8) is 0 Å². The highest BCUT2D eigenvalue weighted by Crippen LogP contribution is 2.30. The normalized spacial score (nSPS) is 12.6. The molecule has 78 valence electrons. The molecular formula is C11H16O2S. The lowest BCUT2D eigenvalue weighted by Crippen LogP contribution is -2.01. The predicted molar refractivity (Wildman–Crippen MR) is 60.3 cm³/mol. The molecule has 0 amide bonds. The van der Waals surface area contributed by atoms with Crippen molar-refractivity contribution < 1.29 is 9.84 Å². The van der Waals surface area contributed by atoms with Gasteiger partial charge in [-0.2, -0.15) is 0 Å². The van der Waals surface area contributed by atoms with Crippen LogP contribution in [0, 0.1) is 0 Å². The van der Waals surface area contributed by atoms with Gasteiger partial charge in [0.2, 0.25) is 0 Å². The minimum Gasteiger partial charge on any atom is -0.496 e. The van der Waals surface area contributed by atoms with Gasteiger partial charge < -0.3 is 9.84 Å². The molecule has 1 aromatic rings. The summed E-state index contributed by atoms with van der Waals surface area (Å²) in [6, 6.07) is 6.05. The van der Waals surface area contributed by atoms with Crippen LogP contribution < -0.4 is 4.74 Å². The molecule has 0 radical (unpaired) electrons. The SMILES string of the molecule is COc1ccc(SC)cc1C(C)CO. The van der Waals surface area contributed by atoms with E-state index in [0.29, 0.717) is 0 Å². The third kappa shape index (κ3) is 2.42. The summed E-state index contributed by atoms with van der Waals surface area (Å²) < 4.78 is 5.25. The Hall–Kier alpha value is -0.670. The largest absolute Gasteiger partial charge is 0.496 e. The minimum absolute atomic E-state index is 0.122. The highest BCUT2D eigenvalue weighted by Gasteiger charge is 2.10. The maximum absolute atomic E-state index is 9.11. The molecule has 0 saturated heterocycles.